The fourth-order valence-electron chi connectivity index (χ4n) is 4.96. The van der Waals surface area contributed by atoms with Crippen LogP contribution in [0.3, 0.4) is 0 Å². The Labute approximate surface area is 204 Å². The molecule has 2 atom stereocenters. The molecule has 35 heavy (non-hydrogen) atoms. The van der Waals surface area contributed by atoms with Crippen LogP contribution in [0.1, 0.15) is 63.0 Å². The van der Waals surface area contributed by atoms with Gasteiger partial charge in [0, 0.05) is 46.9 Å². The normalized spacial score (nSPS) is 19.0. The van der Waals surface area contributed by atoms with Gasteiger partial charge >= 0.3 is 0 Å². The number of carbonyl (C=O) groups excluding carboxylic acids is 1. The zero-order valence-corrected chi connectivity index (χ0v) is 20.8. The fraction of sp³-hybridized carbons (Fsp3) is 0.393. The highest BCUT2D eigenvalue weighted by molar-refractivity contribution is 5.91. The zero-order chi connectivity index (χ0) is 25.5. The number of hydrogen-bond acceptors (Lipinski definition) is 2. The lowest BCUT2D eigenvalue weighted by atomic mass is 9.87. The molecule has 0 saturated heterocycles. The van der Waals surface area contributed by atoms with E-state index in [1.165, 1.54) is 38.1 Å². The van der Waals surface area contributed by atoms with Gasteiger partial charge < -0.3 is 10.3 Å². The van der Waals surface area contributed by atoms with Crippen LogP contribution in [0.2, 0.25) is 0 Å². The van der Waals surface area contributed by atoms with Crippen molar-refractivity contribution in [2.24, 2.45) is 0 Å². The van der Waals surface area contributed by atoms with E-state index in [-0.39, 0.29) is 35.7 Å². The van der Waals surface area contributed by atoms with Gasteiger partial charge in [0.05, 0.1) is 6.04 Å². The van der Waals surface area contributed by atoms with Crippen molar-refractivity contribution < 1.29 is 18.0 Å². The standard InChI is InChI=1S/C28H32F3N3O/c1-16(2)32-24(35)11-10-18-13-21(29)25(22(30)14-18)27-26-20(19-8-6-7-9-23(19)33-26)12-17(3)34(27)15-28(4,5)31/h6-11,13-14,16-17,27,33H,12,15H2,1-5H3,(H,32,35)/b11-10+/t17-,27-/m1/s1. The SMILES string of the molecule is CC(C)NC(=O)/C=C/c1cc(F)c([C@@H]2c3[nH]c4ccccc4c3C[C@@H](C)N2CC(C)(C)F)c(F)c1. The van der Waals surface area contributed by atoms with Crippen LogP contribution in [-0.4, -0.2) is 40.1 Å². The topological polar surface area (TPSA) is 48.1 Å². The number of aromatic amines is 1. The molecule has 0 spiro atoms. The lowest BCUT2D eigenvalue weighted by molar-refractivity contribution is -0.116. The van der Waals surface area contributed by atoms with E-state index in [1.54, 1.807) is 0 Å². The number of amides is 1. The van der Waals surface area contributed by atoms with E-state index in [4.69, 9.17) is 0 Å². The number of rotatable bonds is 6. The molecule has 0 aliphatic carbocycles. The number of nitrogens with zero attached hydrogens (tertiary/aromatic N) is 1. The minimum atomic E-state index is -1.56. The van der Waals surface area contributed by atoms with Crippen LogP contribution in [0, 0.1) is 11.6 Å². The number of para-hydroxylation sites is 1. The monoisotopic (exact) mass is 483 g/mol. The lowest BCUT2D eigenvalue weighted by Crippen LogP contribution is -2.48. The molecule has 186 valence electrons. The third-order valence-corrected chi connectivity index (χ3v) is 6.31. The van der Waals surface area contributed by atoms with E-state index in [9.17, 15) is 9.18 Å². The predicted octanol–water partition coefficient (Wildman–Crippen LogP) is 6.07. The molecule has 4 rings (SSSR count). The van der Waals surface area contributed by atoms with Gasteiger partial charge in [0.1, 0.15) is 17.3 Å². The molecular formula is C28H32F3N3O. The van der Waals surface area contributed by atoms with Gasteiger partial charge in [-0.05, 0) is 76.4 Å². The Kier molecular flexibility index (Phi) is 6.82. The van der Waals surface area contributed by atoms with Gasteiger partial charge in [0.25, 0.3) is 0 Å². The first-order valence-electron chi connectivity index (χ1n) is 12.0. The second-order valence-electron chi connectivity index (χ2n) is 10.3. The number of H-pyrrole nitrogens is 1. The summed E-state index contributed by atoms with van der Waals surface area (Å²) in [7, 11) is 0. The highest BCUT2D eigenvalue weighted by Gasteiger charge is 2.40. The summed E-state index contributed by atoms with van der Waals surface area (Å²) in [6.45, 7) is 8.58. The molecule has 1 amide bonds. The highest BCUT2D eigenvalue weighted by atomic mass is 19.1. The maximum absolute atomic E-state index is 15.6. The molecule has 7 heteroatoms. The zero-order valence-electron chi connectivity index (χ0n) is 20.8. The minimum Gasteiger partial charge on any atom is -0.357 e. The Balaban J connectivity index is 1.82. The molecule has 2 N–H and O–H groups in total. The minimum absolute atomic E-state index is 0.0174. The summed E-state index contributed by atoms with van der Waals surface area (Å²) in [6, 6.07) is 9.20. The highest BCUT2D eigenvalue weighted by Crippen LogP contribution is 2.43. The van der Waals surface area contributed by atoms with Crippen molar-refractivity contribution in [3.05, 3.63) is 76.5 Å². The van der Waals surface area contributed by atoms with Gasteiger partial charge in [-0.2, -0.15) is 0 Å². The quantitative estimate of drug-likeness (QED) is 0.418. The summed E-state index contributed by atoms with van der Waals surface area (Å²) < 4.78 is 46.1. The first-order chi connectivity index (χ1) is 16.4. The molecule has 3 aromatic rings. The lowest BCUT2D eigenvalue weighted by Gasteiger charge is -2.43. The van der Waals surface area contributed by atoms with Gasteiger partial charge in [0.15, 0.2) is 0 Å². The van der Waals surface area contributed by atoms with Crippen molar-refractivity contribution in [1.82, 2.24) is 15.2 Å². The third kappa shape index (κ3) is 5.30. The molecule has 2 heterocycles. The van der Waals surface area contributed by atoms with Crippen LogP contribution in [0.5, 0.6) is 0 Å². The van der Waals surface area contributed by atoms with Gasteiger partial charge in [-0.3, -0.25) is 9.69 Å². The summed E-state index contributed by atoms with van der Waals surface area (Å²) in [5.74, 6) is -1.82. The molecule has 0 saturated carbocycles. The largest absolute Gasteiger partial charge is 0.357 e. The van der Waals surface area contributed by atoms with E-state index < -0.39 is 23.3 Å². The van der Waals surface area contributed by atoms with Gasteiger partial charge in [-0.25, -0.2) is 13.2 Å². The van der Waals surface area contributed by atoms with Crippen LogP contribution < -0.4 is 5.32 Å². The summed E-state index contributed by atoms with van der Waals surface area (Å²) in [4.78, 5) is 17.1. The molecular weight excluding hydrogens is 451 g/mol. The average molecular weight is 484 g/mol. The fourth-order valence-corrected chi connectivity index (χ4v) is 4.96. The molecule has 0 unspecified atom stereocenters. The van der Waals surface area contributed by atoms with E-state index in [2.05, 4.69) is 10.3 Å². The first kappa shape index (κ1) is 25.0. The van der Waals surface area contributed by atoms with Crippen LogP contribution in [0.25, 0.3) is 17.0 Å². The number of hydrogen-bond donors (Lipinski definition) is 2. The Hall–Kier alpha value is -3.06. The number of carbonyl (C=O) groups is 1. The molecule has 0 radical (unpaired) electrons. The molecule has 1 aliphatic rings. The van der Waals surface area contributed by atoms with E-state index in [0.717, 1.165) is 16.5 Å². The van der Waals surface area contributed by atoms with Crippen molar-refractivity contribution in [1.29, 1.82) is 0 Å². The van der Waals surface area contributed by atoms with E-state index in [1.807, 2.05) is 49.9 Å². The Bertz CT molecular complexity index is 1250. The van der Waals surface area contributed by atoms with Crippen LogP contribution in [0.4, 0.5) is 13.2 Å². The van der Waals surface area contributed by atoms with Crippen molar-refractivity contribution in [2.45, 2.75) is 64.8 Å². The number of halogens is 3. The number of alkyl halides is 1. The molecule has 2 aromatic carbocycles. The first-order valence-corrected chi connectivity index (χ1v) is 12.0. The third-order valence-electron chi connectivity index (χ3n) is 6.31. The average Bonchev–Trinajstić information content (AvgIpc) is 3.10. The smallest absolute Gasteiger partial charge is 0.244 e. The molecule has 0 bridgehead atoms. The maximum Gasteiger partial charge on any atom is 0.244 e. The van der Waals surface area contributed by atoms with Crippen molar-refractivity contribution in [3.8, 4) is 0 Å². The molecule has 0 fully saturated rings. The van der Waals surface area contributed by atoms with Gasteiger partial charge in [-0.15, -0.1) is 0 Å². The van der Waals surface area contributed by atoms with Crippen LogP contribution >= 0.6 is 0 Å². The Morgan fingerprint density at radius 1 is 1.23 bits per heavy atom. The van der Waals surface area contributed by atoms with Gasteiger partial charge in [0.2, 0.25) is 5.91 Å². The Morgan fingerprint density at radius 3 is 2.51 bits per heavy atom. The second kappa shape index (κ2) is 9.53. The maximum atomic E-state index is 15.6. The summed E-state index contributed by atoms with van der Waals surface area (Å²) in [6.07, 6.45) is 3.28. The molecule has 1 aromatic heterocycles. The van der Waals surface area contributed by atoms with Crippen molar-refractivity contribution >= 4 is 22.9 Å². The molecule has 4 nitrogen and oxygen atoms in total. The van der Waals surface area contributed by atoms with E-state index in [0.29, 0.717) is 12.1 Å². The number of nitrogens with one attached hydrogen (secondary N) is 2. The predicted molar refractivity (Wildman–Crippen MR) is 134 cm³/mol. The summed E-state index contributed by atoms with van der Waals surface area (Å²) >= 11 is 0. The summed E-state index contributed by atoms with van der Waals surface area (Å²) in [5.41, 5.74) is 1.12. The number of fused-ring (bicyclic) bond motifs is 3. The Morgan fingerprint density at radius 2 is 1.89 bits per heavy atom. The van der Waals surface area contributed by atoms with E-state index >= 15 is 8.78 Å². The van der Waals surface area contributed by atoms with Crippen LogP contribution in [0.15, 0.2) is 42.5 Å². The van der Waals surface area contributed by atoms with Crippen molar-refractivity contribution in [2.75, 3.05) is 6.54 Å². The van der Waals surface area contributed by atoms with Crippen LogP contribution in [-0.2, 0) is 11.2 Å². The molecule has 1 aliphatic heterocycles. The second-order valence-corrected chi connectivity index (χ2v) is 10.3. The summed E-state index contributed by atoms with van der Waals surface area (Å²) in [5, 5.41) is 3.71. The number of benzene rings is 2. The van der Waals surface area contributed by atoms with Crippen molar-refractivity contribution in [3.63, 3.8) is 0 Å². The van der Waals surface area contributed by atoms with Gasteiger partial charge in [-0.1, -0.05) is 18.2 Å². The number of aromatic nitrogens is 1.